The maximum atomic E-state index is 12.1. The van der Waals surface area contributed by atoms with Crippen LogP contribution in [0.5, 0.6) is 11.5 Å². The van der Waals surface area contributed by atoms with Gasteiger partial charge in [-0.05, 0) is 48.5 Å². The van der Waals surface area contributed by atoms with Gasteiger partial charge in [-0.15, -0.1) is 0 Å². The first-order chi connectivity index (χ1) is 15.1. The lowest BCUT2D eigenvalue weighted by Crippen LogP contribution is -2.20. The molecule has 0 saturated carbocycles. The number of nitrogens with one attached hydrogen (secondary N) is 1. The zero-order valence-corrected chi connectivity index (χ0v) is 17.3. The zero-order valence-electron chi connectivity index (χ0n) is 16.5. The SMILES string of the molecule is COc1cccc(-c2nc(-c3cccc(OCC(=O)Nc4cccc(Cl)c4)c3)no2)c1. The van der Waals surface area contributed by atoms with E-state index in [9.17, 15) is 4.79 Å². The van der Waals surface area contributed by atoms with Crippen LogP contribution in [-0.2, 0) is 4.79 Å². The number of ether oxygens (including phenoxy) is 2. The quantitative estimate of drug-likeness (QED) is 0.435. The van der Waals surface area contributed by atoms with E-state index in [0.717, 1.165) is 5.56 Å². The lowest BCUT2D eigenvalue weighted by Gasteiger charge is -2.08. The Bertz CT molecular complexity index is 1210. The first-order valence-corrected chi connectivity index (χ1v) is 9.75. The molecular formula is C23H18ClN3O4. The maximum Gasteiger partial charge on any atom is 0.262 e. The summed E-state index contributed by atoms with van der Waals surface area (Å²) in [6.07, 6.45) is 0. The van der Waals surface area contributed by atoms with Crippen LogP contribution < -0.4 is 14.8 Å². The lowest BCUT2D eigenvalue weighted by atomic mass is 10.2. The summed E-state index contributed by atoms with van der Waals surface area (Å²) in [7, 11) is 1.60. The molecular weight excluding hydrogens is 418 g/mol. The lowest BCUT2D eigenvalue weighted by molar-refractivity contribution is -0.118. The van der Waals surface area contributed by atoms with Gasteiger partial charge in [0, 0.05) is 21.8 Å². The molecule has 1 heterocycles. The van der Waals surface area contributed by atoms with Crippen LogP contribution in [0.1, 0.15) is 0 Å². The van der Waals surface area contributed by atoms with Gasteiger partial charge < -0.3 is 19.3 Å². The van der Waals surface area contributed by atoms with Gasteiger partial charge in [0.25, 0.3) is 11.8 Å². The highest BCUT2D eigenvalue weighted by Crippen LogP contribution is 2.26. The number of anilines is 1. The molecule has 0 atom stereocenters. The van der Waals surface area contributed by atoms with E-state index in [0.29, 0.717) is 39.5 Å². The maximum absolute atomic E-state index is 12.1. The molecule has 0 saturated heterocycles. The largest absolute Gasteiger partial charge is 0.497 e. The van der Waals surface area contributed by atoms with Crippen LogP contribution in [0.25, 0.3) is 22.8 Å². The summed E-state index contributed by atoms with van der Waals surface area (Å²) in [5, 5.41) is 7.32. The van der Waals surface area contributed by atoms with Crippen LogP contribution in [0, 0.1) is 0 Å². The van der Waals surface area contributed by atoms with Gasteiger partial charge in [-0.25, -0.2) is 0 Å². The first-order valence-electron chi connectivity index (χ1n) is 9.37. The molecule has 1 aromatic heterocycles. The summed E-state index contributed by atoms with van der Waals surface area (Å²) in [5.41, 5.74) is 2.06. The number of methoxy groups -OCH3 is 1. The summed E-state index contributed by atoms with van der Waals surface area (Å²) in [6.45, 7) is -0.155. The molecule has 0 aliphatic rings. The second kappa shape index (κ2) is 9.32. The van der Waals surface area contributed by atoms with Crippen LogP contribution in [0.4, 0.5) is 5.69 Å². The molecule has 4 rings (SSSR count). The zero-order chi connectivity index (χ0) is 21.6. The molecule has 8 heteroatoms. The Kier molecular flexibility index (Phi) is 6.14. The molecule has 7 nitrogen and oxygen atoms in total. The molecule has 1 amide bonds. The van der Waals surface area contributed by atoms with Gasteiger partial charge in [0.1, 0.15) is 11.5 Å². The van der Waals surface area contributed by atoms with Gasteiger partial charge in [0.05, 0.1) is 7.11 Å². The number of rotatable bonds is 7. The fraction of sp³-hybridized carbons (Fsp3) is 0.0870. The van der Waals surface area contributed by atoms with Crippen LogP contribution in [0.15, 0.2) is 77.3 Å². The third kappa shape index (κ3) is 5.21. The van der Waals surface area contributed by atoms with E-state index >= 15 is 0 Å². The van der Waals surface area contributed by atoms with E-state index in [4.69, 9.17) is 25.6 Å². The van der Waals surface area contributed by atoms with Crippen molar-refractivity contribution in [2.24, 2.45) is 0 Å². The van der Waals surface area contributed by atoms with Crippen LogP contribution in [0.2, 0.25) is 5.02 Å². The minimum absolute atomic E-state index is 0.155. The fourth-order valence-electron chi connectivity index (χ4n) is 2.85. The molecule has 0 aliphatic carbocycles. The average Bonchev–Trinajstić information content (AvgIpc) is 3.28. The number of hydrogen-bond acceptors (Lipinski definition) is 6. The fourth-order valence-corrected chi connectivity index (χ4v) is 3.04. The van der Waals surface area contributed by atoms with E-state index < -0.39 is 0 Å². The normalized spacial score (nSPS) is 10.5. The van der Waals surface area contributed by atoms with Crippen LogP contribution >= 0.6 is 11.6 Å². The predicted molar refractivity (Wildman–Crippen MR) is 117 cm³/mol. The Morgan fingerprint density at radius 3 is 2.55 bits per heavy atom. The third-order valence-corrected chi connectivity index (χ3v) is 4.55. The summed E-state index contributed by atoms with van der Waals surface area (Å²) in [4.78, 5) is 16.6. The highest BCUT2D eigenvalue weighted by Gasteiger charge is 2.12. The first kappa shape index (κ1) is 20.4. The number of amides is 1. The number of aromatic nitrogens is 2. The highest BCUT2D eigenvalue weighted by molar-refractivity contribution is 6.30. The Hall–Kier alpha value is -3.84. The smallest absolute Gasteiger partial charge is 0.262 e. The van der Waals surface area contributed by atoms with Crippen molar-refractivity contribution in [3.05, 3.63) is 77.8 Å². The minimum Gasteiger partial charge on any atom is -0.497 e. The monoisotopic (exact) mass is 435 g/mol. The molecule has 0 spiro atoms. The Morgan fingerprint density at radius 1 is 1.00 bits per heavy atom. The van der Waals surface area contributed by atoms with E-state index in [-0.39, 0.29) is 12.5 Å². The van der Waals surface area contributed by atoms with E-state index in [1.54, 1.807) is 49.6 Å². The Balaban J connectivity index is 1.42. The molecule has 0 bridgehead atoms. The molecule has 0 fully saturated rings. The molecule has 4 aromatic rings. The summed E-state index contributed by atoms with van der Waals surface area (Å²) < 4.78 is 16.2. The Morgan fingerprint density at radius 2 is 1.74 bits per heavy atom. The molecule has 0 radical (unpaired) electrons. The van der Waals surface area contributed by atoms with E-state index in [1.165, 1.54) is 0 Å². The van der Waals surface area contributed by atoms with Crippen molar-refractivity contribution < 1.29 is 18.8 Å². The van der Waals surface area contributed by atoms with E-state index in [1.807, 2.05) is 30.3 Å². The van der Waals surface area contributed by atoms with Gasteiger partial charge in [-0.2, -0.15) is 4.98 Å². The van der Waals surface area contributed by atoms with Crippen molar-refractivity contribution >= 4 is 23.2 Å². The van der Waals surface area contributed by atoms with Crippen molar-refractivity contribution in [2.45, 2.75) is 0 Å². The number of carbonyl (C=O) groups is 1. The second-order valence-corrected chi connectivity index (χ2v) is 6.97. The second-order valence-electron chi connectivity index (χ2n) is 6.53. The van der Waals surface area contributed by atoms with Crippen molar-refractivity contribution in [1.29, 1.82) is 0 Å². The molecule has 0 aliphatic heterocycles. The molecule has 156 valence electrons. The third-order valence-electron chi connectivity index (χ3n) is 4.31. The van der Waals surface area contributed by atoms with Gasteiger partial charge in [0.2, 0.25) is 5.82 Å². The molecule has 31 heavy (non-hydrogen) atoms. The molecule has 1 N–H and O–H groups in total. The summed E-state index contributed by atoms with van der Waals surface area (Å²) in [6, 6.07) is 21.4. The number of hydrogen-bond donors (Lipinski definition) is 1. The van der Waals surface area contributed by atoms with Crippen molar-refractivity contribution in [3.8, 4) is 34.3 Å². The van der Waals surface area contributed by atoms with Crippen LogP contribution in [-0.4, -0.2) is 29.8 Å². The predicted octanol–water partition coefficient (Wildman–Crippen LogP) is 5.08. The van der Waals surface area contributed by atoms with Crippen molar-refractivity contribution in [2.75, 3.05) is 19.0 Å². The summed E-state index contributed by atoms with van der Waals surface area (Å²) in [5.74, 6) is 1.69. The van der Waals surface area contributed by atoms with Gasteiger partial charge in [-0.3, -0.25) is 4.79 Å². The number of nitrogens with zero attached hydrogens (tertiary/aromatic N) is 2. The van der Waals surface area contributed by atoms with Gasteiger partial charge >= 0.3 is 0 Å². The topological polar surface area (TPSA) is 86.5 Å². The summed E-state index contributed by atoms with van der Waals surface area (Å²) >= 11 is 5.92. The average molecular weight is 436 g/mol. The van der Waals surface area contributed by atoms with Gasteiger partial charge in [0.15, 0.2) is 6.61 Å². The van der Waals surface area contributed by atoms with Gasteiger partial charge in [-0.1, -0.05) is 41.0 Å². The minimum atomic E-state index is -0.299. The number of carbonyl (C=O) groups excluding carboxylic acids is 1. The number of benzene rings is 3. The molecule has 3 aromatic carbocycles. The molecule has 0 unspecified atom stereocenters. The van der Waals surface area contributed by atoms with Crippen LogP contribution in [0.3, 0.4) is 0 Å². The van der Waals surface area contributed by atoms with E-state index in [2.05, 4.69) is 15.5 Å². The highest BCUT2D eigenvalue weighted by atomic mass is 35.5. The number of halogens is 1. The van der Waals surface area contributed by atoms with Crippen molar-refractivity contribution in [1.82, 2.24) is 10.1 Å². The van der Waals surface area contributed by atoms with Crippen molar-refractivity contribution in [3.63, 3.8) is 0 Å². The standard InChI is InChI=1S/C23H18ClN3O4/c1-29-19-9-3-6-16(12-19)23-26-22(27-31-23)15-5-2-10-20(11-15)30-14-21(28)25-18-8-4-7-17(24)13-18/h2-13H,14H2,1H3,(H,25,28). The Labute approximate surface area is 183 Å².